The molecule has 1 saturated heterocycles. The van der Waals surface area contributed by atoms with E-state index in [0.717, 1.165) is 6.42 Å². The number of para-hydroxylation sites is 2. The number of urea groups is 1. The number of benzene rings is 2. The monoisotopic (exact) mass is 381 g/mol. The number of likely N-dealkylation sites (tertiary alicyclic amines) is 1. The summed E-state index contributed by atoms with van der Waals surface area (Å²) in [5.41, 5.74) is 1.76. The van der Waals surface area contributed by atoms with Crippen LogP contribution in [0.25, 0.3) is 0 Å². The predicted molar refractivity (Wildman–Crippen MR) is 106 cm³/mol. The van der Waals surface area contributed by atoms with Crippen LogP contribution in [0.4, 0.5) is 16.2 Å². The Labute approximate surface area is 163 Å². The number of nitrogens with zero attached hydrogens (tertiary/aromatic N) is 1. The molecule has 1 aliphatic heterocycles. The summed E-state index contributed by atoms with van der Waals surface area (Å²) < 4.78 is 0. The third-order valence-corrected chi connectivity index (χ3v) is 4.72. The normalized spacial score (nSPS) is 16.3. The highest BCUT2D eigenvalue weighted by molar-refractivity contribution is 5.95. The van der Waals surface area contributed by atoms with E-state index in [4.69, 9.17) is 5.11 Å². The molecule has 0 bridgehead atoms. The number of rotatable bonds is 5. The molecule has 2 aromatic rings. The van der Waals surface area contributed by atoms with Crippen molar-refractivity contribution in [1.29, 1.82) is 0 Å². The number of carboxylic acid groups (broad SMARTS) is 1. The van der Waals surface area contributed by atoms with E-state index >= 15 is 0 Å². The van der Waals surface area contributed by atoms with Crippen molar-refractivity contribution in [3.05, 3.63) is 60.2 Å². The highest BCUT2D eigenvalue weighted by Crippen LogP contribution is 2.22. The third kappa shape index (κ3) is 5.09. The van der Waals surface area contributed by atoms with Crippen LogP contribution in [0.1, 0.15) is 18.4 Å². The van der Waals surface area contributed by atoms with Crippen LogP contribution in [-0.4, -0.2) is 41.0 Å². The lowest BCUT2D eigenvalue weighted by atomic mass is 9.97. The maximum atomic E-state index is 12.7. The highest BCUT2D eigenvalue weighted by Gasteiger charge is 2.29. The van der Waals surface area contributed by atoms with Gasteiger partial charge in [0.25, 0.3) is 0 Å². The van der Waals surface area contributed by atoms with Crippen LogP contribution >= 0.6 is 0 Å². The van der Waals surface area contributed by atoms with Crippen molar-refractivity contribution in [3.63, 3.8) is 0 Å². The number of piperidine rings is 1. The minimum absolute atomic E-state index is 0.160. The molecule has 0 radical (unpaired) electrons. The van der Waals surface area contributed by atoms with Crippen LogP contribution in [0.5, 0.6) is 0 Å². The molecule has 7 nitrogen and oxygen atoms in total. The maximum absolute atomic E-state index is 12.7. The number of carbonyl (C=O) groups is 3. The van der Waals surface area contributed by atoms with Crippen molar-refractivity contribution in [2.45, 2.75) is 19.3 Å². The topological polar surface area (TPSA) is 98.7 Å². The van der Waals surface area contributed by atoms with Crippen LogP contribution in [0.15, 0.2) is 54.6 Å². The maximum Gasteiger partial charge on any atom is 0.321 e. The molecule has 1 unspecified atom stereocenters. The summed E-state index contributed by atoms with van der Waals surface area (Å²) in [5, 5.41) is 14.7. The van der Waals surface area contributed by atoms with E-state index in [9.17, 15) is 14.4 Å². The zero-order valence-corrected chi connectivity index (χ0v) is 15.4. The lowest BCUT2D eigenvalue weighted by Crippen LogP contribution is -2.45. The molecule has 7 heteroatoms. The van der Waals surface area contributed by atoms with Crippen molar-refractivity contribution >= 4 is 29.3 Å². The molecule has 1 heterocycles. The Bertz CT molecular complexity index is 854. The largest absolute Gasteiger partial charge is 0.481 e. The average Bonchev–Trinajstić information content (AvgIpc) is 2.70. The van der Waals surface area contributed by atoms with E-state index in [-0.39, 0.29) is 24.3 Å². The van der Waals surface area contributed by atoms with Crippen molar-refractivity contribution < 1.29 is 19.5 Å². The van der Waals surface area contributed by atoms with Gasteiger partial charge in [-0.15, -0.1) is 0 Å². The molecule has 0 spiro atoms. The first-order valence-electron chi connectivity index (χ1n) is 9.24. The van der Waals surface area contributed by atoms with Gasteiger partial charge < -0.3 is 20.6 Å². The second-order valence-electron chi connectivity index (χ2n) is 6.80. The minimum atomic E-state index is -0.955. The van der Waals surface area contributed by atoms with Gasteiger partial charge in [-0.2, -0.15) is 0 Å². The van der Waals surface area contributed by atoms with Crippen LogP contribution in [0.3, 0.4) is 0 Å². The molecule has 3 amide bonds. The van der Waals surface area contributed by atoms with E-state index in [1.165, 1.54) is 0 Å². The molecular weight excluding hydrogens is 358 g/mol. The lowest BCUT2D eigenvalue weighted by molar-refractivity contribution is -0.136. The average molecular weight is 381 g/mol. The highest BCUT2D eigenvalue weighted by atomic mass is 16.4. The Hall–Kier alpha value is -3.35. The molecule has 1 atom stereocenters. The fourth-order valence-electron chi connectivity index (χ4n) is 3.29. The number of hydrogen-bond donors (Lipinski definition) is 3. The summed E-state index contributed by atoms with van der Waals surface area (Å²) in [6.45, 7) is 0.920. The smallest absolute Gasteiger partial charge is 0.321 e. The van der Waals surface area contributed by atoms with Gasteiger partial charge in [0, 0.05) is 24.5 Å². The number of amides is 3. The second kappa shape index (κ2) is 9.03. The number of anilines is 2. The summed E-state index contributed by atoms with van der Waals surface area (Å²) >= 11 is 0. The standard InChI is InChI=1S/C21H23N3O4/c25-19(26)13-15-7-4-5-11-18(15)23-20(27)16-8-6-12-24(14-16)21(28)22-17-9-2-1-3-10-17/h1-5,7,9-11,16H,6,8,12-14H2,(H,22,28)(H,23,27)(H,25,26). The number of hydrogen-bond acceptors (Lipinski definition) is 3. The van der Waals surface area contributed by atoms with Gasteiger partial charge in [-0.3, -0.25) is 9.59 Å². The van der Waals surface area contributed by atoms with Gasteiger partial charge in [0.15, 0.2) is 0 Å². The zero-order chi connectivity index (χ0) is 19.9. The fourth-order valence-corrected chi connectivity index (χ4v) is 3.29. The van der Waals surface area contributed by atoms with E-state index in [2.05, 4.69) is 10.6 Å². The zero-order valence-electron chi connectivity index (χ0n) is 15.4. The Morgan fingerprint density at radius 2 is 1.71 bits per heavy atom. The van der Waals surface area contributed by atoms with Crippen molar-refractivity contribution in [3.8, 4) is 0 Å². The van der Waals surface area contributed by atoms with Gasteiger partial charge in [-0.1, -0.05) is 36.4 Å². The number of carboxylic acids is 1. The molecule has 0 aromatic heterocycles. The van der Waals surface area contributed by atoms with Crippen molar-refractivity contribution in [2.75, 3.05) is 23.7 Å². The molecule has 2 aromatic carbocycles. The van der Waals surface area contributed by atoms with Crippen LogP contribution < -0.4 is 10.6 Å². The van der Waals surface area contributed by atoms with Gasteiger partial charge >= 0.3 is 12.0 Å². The molecule has 1 aliphatic rings. The minimum Gasteiger partial charge on any atom is -0.481 e. The first kappa shape index (κ1) is 19.4. The summed E-state index contributed by atoms with van der Waals surface area (Å²) in [6.07, 6.45) is 1.26. The van der Waals surface area contributed by atoms with Gasteiger partial charge in [0.1, 0.15) is 0 Å². The molecule has 0 saturated carbocycles. The summed E-state index contributed by atoms with van der Waals surface area (Å²) in [7, 11) is 0. The molecular formula is C21H23N3O4. The third-order valence-electron chi connectivity index (χ3n) is 4.72. The van der Waals surface area contributed by atoms with Gasteiger partial charge in [-0.25, -0.2) is 4.79 Å². The predicted octanol–water partition coefficient (Wildman–Crippen LogP) is 3.20. The number of aliphatic carboxylic acids is 1. The van der Waals surface area contributed by atoms with Gasteiger partial charge in [-0.05, 0) is 36.6 Å². The van der Waals surface area contributed by atoms with Gasteiger partial charge in [0.2, 0.25) is 5.91 Å². The van der Waals surface area contributed by atoms with Crippen LogP contribution in [-0.2, 0) is 16.0 Å². The fraction of sp³-hybridized carbons (Fsp3) is 0.286. The molecule has 146 valence electrons. The van der Waals surface area contributed by atoms with Gasteiger partial charge in [0.05, 0.1) is 12.3 Å². The quantitative estimate of drug-likeness (QED) is 0.741. The molecule has 3 rings (SSSR count). The summed E-state index contributed by atoms with van der Waals surface area (Å²) in [6, 6.07) is 15.8. The molecule has 1 fully saturated rings. The van der Waals surface area contributed by atoms with Crippen LogP contribution in [0, 0.1) is 5.92 Å². The van der Waals surface area contributed by atoms with Crippen LogP contribution in [0.2, 0.25) is 0 Å². The van der Waals surface area contributed by atoms with E-state index < -0.39 is 5.97 Å². The Morgan fingerprint density at radius 1 is 1.00 bits per heavy atom. The molecule has 3 N–H and O–H groups in total. The van der Waals surface area contributed by atoms with Crippen molar-refractivity contribution in [1.82, 2.24) is 4.90 Å². The summed E-state index contributed by atoms with van der Waals surface area (Å²) in [5.74, 6) is -1.49. The Kier molecular flexibility index (Phi) is 6.26. The number of nitrogens with one attached hydrogen (secondary N) is 2. The Balaban J connectivity index is 1.62. The van der Waals surface area contributed by atoms with Crippen molar-refractivity contribution in [2.24, 2.45) is 5.92 Å². The first-order chi connectivity index (χ1) is 13.5. The number of carbonyl (C=O) groups excluding carboxylic acids is 2. The van der Waals surface area contributed by atoms with E-state index in [0.29, 0.717) is 36.4 Å². The second-order valence-corrected chi connectivity index (χ2v) is 6.80. The molecule has 0 aliphatic carbocycles. The SMILES string of the molecule is O=C(O)Cc1ccccc1NC(=O)C1CCCN(C(=O)Nc2ccccc2)C1. The first-order valence-corrected chi connectivity index (χ1v) is 9.24. The van der Waals surface area contributed by atoms with E-state index in [1.54, 1.807) is 29.2 Å². The Morgan fingerprint density at radius 3 is 2.46 bits per heavy atom. The lowest BCUT2D eigenvalue weighted by Gasteiger charge is -2.32. The summed E-state index contributed by atoms with van der Waals surface area (Å²) in [4.78, 5) is 37.9. The molecule has 28 heavy (non-hydrogen) atoms. The van der Waals surface area contributed by atoms with E-state index in [1.807, 2.05) is 30.3 Å².